The molecule has 1 N–H and O–H groups in total. The second kappa shape index (κ2) is 3.12. The fourth-order valence-electron chi connectivity index (χ4n) is 1.42. The third kappa shape index (κ3) is 1.55. The lowest BCUT2D eigenvalue weighted by molar-refractivity contribution is -0.109. The quantitative estimate of drug-likeness (QED) is 0.530. The Morgan fingerprint density at radius 1 is 1.70 bits per heavy atom. The lowest BCUT2D eigenvalue weighted by Crippen LogP contribution is -2.18. The van der Waals surface area contributed by atoms with Crippen LogP contribution in [0.3, 0.4) is 0 Å². The van der Waals surface area contributed by atoms with Crippen LogP contribution in [0.25, 0.3) is 0 Å². The van der Waals surface area contributed by atoms with Crippen molar-refractivity contribution in [2.75, 3.05) is 20.1 Å². The lowest BCUT2D eigenvalue weighted by Gasteiger charge is -2.07. The summed E-state index contributed by atoms with van der Waals surface area (Å²) >= 11 is 0. The molecule has 10 heavy (non-hydrogen) atoms. The minimum Gasteiger partial charge on any atom is -0.391 e. The van der Waals surface area contributed by atoms with E-state index in [1.54, 1.807) is 0 Å². The standard InChI is InChI=1S/C7H13NO2/c1-8-4-6(2-3-9)7(10)5-8/h3,6-7,10H,2,4-5H2,1H3. The van der Waals surface area contributed by atoms with E-state index in [2.05, 4.69) is 0 Å². The molecule has 0 bridgehead atoms. The highest BCUT2D eigenvalue weighted by atomic mass is 16.3. The summed E-state index contributed by atoms with van der Waals surface area (Å²) < 4.78 is 0. The number of β-amino-alcohol motifs (C(OH)–C–C–N with tert-alkyl or cyclic N) is 1. The van der Waals surface area contributed by atoms with Crippen LogP contribution in [0.5, 0.6) is 0 Å². The van der Waals surface area contributed by atoms with Crippen molar-refractivity contribution >= 4 is 6.29 Å². The van der Waals surface area contributed by atoms with E-state index in [-0.39, 0.29) is 12.0 Å². The van der Waals surface area contributed by atoms with E-state index in [4.69, 9.17) is 0 Å². The Bertz CT molecular complexity index is 127. The number of carbonyl (C=O) groups excluding carboxylic acids is 1. The molecule has 0 amide bonds. The molecule has 2 unspecified atom stereocenters. The van der Waals surface area contributed by atoms with Gasteiger partial charge in [-0.15, -0.1) is 0 Å². The van der Waals surface area contributed by atoms with Crippen molar-refractivity contribution in [1.82, 2.24) is 4.90 Å². The fraction of sp³-hybridized carbons (Fsp3) is 0.857. The first-order valence-electron chi connectivity index (χ1n) is 3.54. The van der Waals surface area contributed by atoms with Gasteiger partial charge in [0.15, 0.2) is 0 Å². The molecule has 1 aliphatic rings. The monoisotopic (exact) mass is 143 g/mol. The maximum Gasteiger partial charge on any atom is 0.120 e. The summed E-state index contributed by atoms with van der Waals surface area (Å²) in [5.41, 5.74) is 0. The lowest BCUT2D eigenvalue weighted by atomic mass is 10.0. The highest BCUT2D eigenvalue weighted by Gasteiger charge is 2.28. The highest BCUT2D eigenvalue weighted by molar-refractivity contribution is 5.50. The molecule has 0 spiro atoms. The molecule has 2 atom stereocenters. The minimum atomic E-state index is -0.296. The molecule has 1 fully saturated rings. The molecule has 0 aliphatic carbocycles. The van der Waals surface area contributed by atoms with Gasteiger partial charge in [0.1, 0.15) is 6.29 Å². The third-order valence-electron chi connectivity index (χ3n) is 1.99. The molecule has 1 rings (SSSR count). The Morgan fingerprint density at radius 2 is 2.40 bits per heavy atom. The van der Waals surface area contributed by atoms with Crippen LogP contribution in [0.15, 0.2) is 0 Å². The van der Waals surface area contributed by atoms with Crippen molar-refractivity contribution in [1.29, 1.82) is 0 Å². The summed E-state index contributed by atoms with van der Waals surface area (Å²) in [6, 6.07) is 0. The number of hydrogen-bond donors (Lipinski definition) is 1. The average molecular weight is 143 g/mol. The van der Waals surface area contributed by atoms with E-state index in [1.807, 2.05) is 11.9 Å². The topological polar surface area (TPSA) is 40.5 Å². The van der Waals surface area contributed by atoms with Crippen molar-refractivity contribution in [3.63, 3.8) is 0 Å². The average Bonchev–Trinajstić information content (AvgIpc) is 2.13. The minimum absolute atomic E-state index is 0.169. The number of rotatable bonds is 2. The van der Waals surface area contributed by atoms with E-state index >= 15 is 0 Å². The zero-order valence-corrected chi connectivity index (χ0v) is 6.16. The maximum atomic E-state index is 10.1. The van der Waals surface area contributed by atoms with E-state index in [9.17, 15) is 9.90 Å². The summed E-state index contributed by atoms with van der Waals surface area (Å²) in [7, 11) is 1.95. The number of hydrogen-bond acceptors (Lipinski definition) is 3. The second-order valence-electron chi connectivity index (χ2n) is 2.95. The van der Waals surface area contributed by atoms with Gasteiger partial charge in [-0.1, -0.05) is 0 Å². The van der Waals surface area contributed by atoms with E-state index in [0.717, 1.165) is 12.8 Å². The molecule has 1 aliphatic heterocycles. The summed E-state index contributed by atoms with van der Waals surface area (Å²) in [5, 5.41) is 9.29. The van der Waals surface area contributed by atoms with Gasteiger partial charge in [-0.25, -0.2) is 0 Å². The summed E-state index contributed by atoms with van der Waals surface area (Å²) in [4.78, 5) is 12.1. The summed E-state index contributed by atoms with van der Waals surface area (Å²) in [6.07, 6.45) is 1.08. The van der Waals surface area contributed by atoms with Gasteiger partial charge in [-0.3, -0.25) is 0 Å². The Kier molecular flexibility index (Phi) is 2.40. The first kappa shape index (κ1) is 7.69. The molecule has 3 heteroatoms. The number of aliphatic hydroxyl groups is 1. The zero-order valence-electron chi connectivity index (χ0n) is 6.16. The van der Waals surface area contributed by atoms with Gasteiger partial charge >= 0.3 is 0 Å². The Labute approximate surface area is 60.6 Å². The van der Waals surface area contributed by atoms with Crippen LogP contribution >= 0.6 is 0 Å². The predicted octanol–water partition coefficient (Wildman–Crippen LogP) is -0.502. The molecule has 0 saturated carbocycles. The zero-order chi connectivity index (χ0) is 7.56. The molecule has 0 aromatic heterocycles. The second-order valence-corrected chi connectivity index (χ2v) is 2.95. The van der Waals surface area contributed by atoms with Crippen LogP contribution < -0.4 is 0 Å². The van der Waals surface area contributed by atoms with Crippen molar-refractivity contribution in [2.24, 2.45) is 5.92 Å². The number of aliphatic hydroxyl groups excluding tert-OH is 1. The first-order chi connectivity index (χ1) is 4.74. The SMILES string of the molecule is CN1CC(O)C(CC=O)C1. The highest BCUT2D eigenvalue weighted by Crippen LogP contribution is 2.16. The largest absolute Gasteiger partial charge is 0.391 e. The molecule has 1 saturated heterocycles. The van der Waals surface area contributed by atoms with Gasteiger partial charge in [0.25, 0.3) is 0 Å². The molecule has 0 aromatic rings. The van der Waals surface area contributed by atoms with Gasteiger partial charge in [-0.05, 0) is 7.05 Å². The van der Waals surface area contributed by atoms with Gasteiger partial charge in [-0.2, -0.15) is 0 Å². The number of likely N-dealkylation sites (N-methyl/N-ethyl adjacent to an activating group) is 1. The van der Waals surface area contributed by atoms with Crippen LogP contribution in [0.2, 0.25) is 0 Å². The van der Waals surface area contributed by atoms with Crippen molar-refractivity contribution in [2.45, 2.75) is 12.5 Å². The number of nitrogens with zero attached hydrogens (tertiary/aromatic N) is 1. The smallest absolute Gasteiger partial charge is 0.120 e. The maximum absolute atomic E-state index is 10.1. The van der Waals surface area contributed by atoms with Crippen LogP contribution in [0, 0.1) is 5.92 Å². The first-order valence-corrected chi connectivity index (χ1v) is 3.54. The Balaban J connectivity index is 2.38. The molecular formula is C7H13NO2. The van der Waals surface area contributed by atoms with Gasteiger partial charge in [0, 0.05) is 25.4 Å². The number of likely N-dealkylation sites (tertiary alicyclic amines) is 1. The van der Waals surface area contributed by atoms with Gasteiger partial charge in [0.05, 0.1) is 6.10 Å². The van der Waals surface area contributed by atoms with E-state index < -0.39 is 0 Å². The number of aldehydes is 1. The normalized spacial score (nSPS) is 34.6. The third-order valence-corrected chi connectivity index (χ3v) is 1.99. The van der Waals surface area contributed by atoms with Crippen LogP contribution in [0.4, 0.5) is 0 Å². The fourth-order valence-corrected chi connectivity index (χ4v) is 1.42. The molecule has 1 heterocycles. The summed E-state index contributed by atoms with van der Waals surface area (Å²) in [5.74, 6) is 0.169. The van der Waals surface area contributed by atoms with E-state index in [1.165, 1.54) is 0 Å². The van der Waals surface area contributed by atoms with Crippen LogP contribution in [-0.2, 0) is 4.79 Å². The summed E-state index contributed by atoms with van der Waals surface area (Å²) in [6.45, 7) is 1.55. The Hall–Kier alpha value is -0.410. The molecular weight excluding hydrogens is 130 g/mol. The van der Waals surface area contributed by atoms with Crippen LogP contribution in [-0.4, -0.2) is 42.5 Å². The Morgan fingerprint density at radius 3 is 2.80 bits per heavy atom. The van der Waals surface area contributed by atoms with Crippen LogP contribution in [0.1, 0.15) is 6.42 Å². The number of carbonyl (C=O) groups is 1. The van der Waals surface area contributed by atoms with Gasteiger partial charge in [0.2, 0.25) is 0 Å². The molecule has 0 radical (unpaired) electrons. The molecule has 0 aromatic carbocycles. The van der Waals surface area contributed by atoms with E-state index in [0.29, 0.717) is 13.0 Å². The predicted molar refractivity (Wildman–Crippen MR) is 37.7 cm³/mol. The molecule has 3 nitrogen and oxygen atoms in total. The van der Waals surface area contributed by atoms with Crippen molar-refractivity contribution in [3.8, 4) is 0 Å². The molecule has 58 valence electrons. The van der Waals surface area contributed by atoms with Gasteiger partial charge < -0.3 is 14.8 Å². The van der Waals surface area contributed by atoms with Crippen molar-refractivity contribution < 1.29 is 9.90 Å². The van der Waals surface area contributed by atoms with Crippen molar-refractivity contribution in [3.05, 3.63) is 0 Å².